The number of aromatic nitrogens is 3. The number of aliphatic hydroxyl groups is 1. The summed E-state index contributed by atoms with van der Waals surface area (Å²) in [5.41, 5.74) is 1.34. The summed E-state index contributed by atoms with van der Waals surface area (Å²) < 4.78 is 0. The number of aryl methyl sites for hydroxylation is 1. The van der Waals surface area contributed by atoms with Crippen molar-refractivity contribution in [1.29, 1.82) is 0 Å². The zero-order chi connectivity index (χ0) is 25.6. The number of hydrogen-bond acceptors (Lipinski definition) is 7. The van der Waals surface area contributed by atoms with Crippen LogP contribution in [0.1, 0.15) is 70.0 Å². The Balaban J connectivity index is 1.59. The van der Waals surface area contributed by atoms with E-state index in [1.165, 1.54) is 16.9 Å². The molecule has 0 spiro atoms. The molecule has 0 unspecified atom stereocenters. The van der Waals surface area contributed by atoms with Gasteiger partial charge in [-0.25, -0.2) is 15.0 Å². The number of anilines is 2. The van der Waals surface area contributed by atoms with Gasteiger partial charge in [-0.05, 0) is 72.4 Å². The van der Waals surface area contributed by atoms with E-state index in [1.807, 2.05) is 45.0 Å². The molecule has 1 aliphatic carbocycles. The number of carboxylic acid groups (broad SMARTS) is 1. The number of thiazole rings is 1. The molecule has 0 saturated heterocycles. The lowest BCUT2D eigenvalue weighted by Gasteiger charge is -2.44. The first-order valence-electron chi connectivity index (χ1n) is 11.9. The third-order valence-corrected chi connectivity index (χ3v) is 8.06. The summed E-state index contributed by atoms with van der Waals surface area (Å²) in [6, 6.07) is 8.03. The van der Waals surface area contributed by atoms with Crippen molar-refractivity contribution >= 4 is 28.9 Å². The molecule has 1 saturated carbocycles. The van der Waals surface area contributed by atoms with E-state index < -0.39 is 22.9 Å². The first-order valence-corrected chi connectivity index (χ1v) is 12.7. The van der Waals surface area contributed by atoms with Crippen LogP contribution in [0.5, 0.6) is 0 Å². The van der Waals surface area contributed by atoms with E-state index in [0.717, 1.165) is 22.0 Å². The van der Waals surface area contributed by atoms with Crippen molar-refractivity contribution in [2.24, 2.45) is 11.3 Å². The summed E-state index contributed by atoms with van der Waals surface area (Å²) in [6.45, 7) is 12.3. The van der Waals surface area contributed by atoms with Crippen molar-refractivity contribution in [3.63, 3.8) is 0 Å². The molecule has 8 heteroatoms. The molecule has 1 fully saturated rings. The second-order valence-electron chi connectivity index (χ2n) is 11.4. The normalized spacial score (nSPS) is 22.1. The van der Waals surface area contributed by atoms with E-state index in [-0.39, 0.29) is 5.41 Å². The molecule has 7 nitrogen and oxygen atoms in total. The van der Waals surface area contributed by atoms with Gasteiger partial charge in [-0.2, -0.15) is 0 Å². The summed E-state index contributed by atoms with van der Waals surface area (Å²) in [4.78, 5) is 26.3. The number of nitrogens with one attached hydrogen (secondary N) is 1. The monoisotopic (exact) mass is 494 g/mol. The summed E-state index contributed by atoms with van der Waals surface area (Å²) >= 11 is 1.42. The van der Waals surface area contributed by atoms with Crippen LogP contribution in [-0.2, 0) is 15.8 Å². The lowest BCUT2D eigenvalue weighted by molar-refractivity contribution is -0.154. The van der Waals surface area contributed by atoms with E-state index in [1.54, 1.807) is 12.4 Å². The molecule has 4 rings (SSSR count). The van der Waals surface area contributed by atoms with E-state index >= 15 is 0 Å². The summed E-state index contributed by atoms with van der Waals surface area (Å²) in [5.74, 6) is 0.150. The molecule has 3 heterocycles. The van der Waals surface area contributed by atoms with Gasteiger partial charge < -0.3 is 15.5 Å². The predicted molar refractivity (Wildman–Crippen MR) is 139 cm³/mol. The van der Waals surface area contributed by atoms with E-state index in [0.29, 0.717) is 30.1 Å². The highest BCUT2D eigenvalue weighted by Gasteiger charge is 2.49. The molecule has 0 amide bonds. The average molecular weight is 495 g/mol. The lowest BCUT2D eigenvalue weighted by Crippen LogP contribution is -2.44. The quantitative estimate of drug-likeness (QED) is 0.396. The molecule has 3 N–H and O–H groups in total. The zero-order valence-electron chi connectivity index (χ0n) is 21.2. The minimum Gasteiger partial charge on any atom is -0.481 e. The zero-order valence-corrected chi connectivity index (χ0v) is 22.0. The summed E-state index contributed by atoms with van der Waals surface area (Å²) in [5, 5.41) is 25.0. The fraction of sp³-hybridized carbons (Fsp3) is 0.481. The Kier molecular flexibility index (Phi) is 6.49. The maximum atomic E-state index is 11.7. The second-order valence-corrected chi connectivity index (χ2v) is 12.4. The SMILES string of the molecule is Cc1cc(Nc2cc(C(C)(C)C)ccn2)nc(-c2cnc([C@]3(O)CC[C@@H](C(=O)O)C(C)(C)C3)s2)c1. The number of pyridine rings is 2. The van der Waals surface area contributed by atoms with Gasteiger partial charge in [0.05, 0.1) is 16.5 Å². The number of carbonyl (C=O) groups is 1. The van der Waals surface area contributed by atoms with Gasteiger partial charge in [-0.15, -0.1) is 11.3 Å². The van der Waals surface area contributed by atoms with Crippen LogP contribution in [0.4, 0.5) is 11.6 Å². The topological polar surface area (TPSA) is 108 Å². The highest BCUT2D eigenvalue weighted by molar-refractivity contribution is 7.15. The number of hydrogen-bond donors (Lipinski definition) is 3. The molecule has 3 aromatic heterocycles. The fourth-order valence-electron chi connectivity index (χ4n) is 4.94. The third-order valence-electron chi connectivity index (χ3n) is 6.84. The van der Waals surface area contributed by atoms with Crippen LogP contribution < -0.4 is 5.32 Å². The summed E-state index contributed by atoms with van der Waals surface area (Å²) in [7, 11) is 0. The van der Waals surface area contributed by atoms with Gasteiger partial charge in [-0.1, -0.05) is 34.6 Å². The van der Waals surface area contributed by atoms with Gasteiger partial charge in [0.2, 0.25) is 0 Å². The van der Waals surface area contributed by atoms with Gasteiger partial charge in [0, 0.05) is 12.4 Å². The molecule has 2 atom stereocenters. The Labute approximate surface area is 210 Å². The van der Waals surface area contributed by atoms with Crippen molar-refractivity contribution in [3.05, 3.63) is 52.8 Å². The molecule has 0 aliphatic heterocycles. The van der Waals surface area contributed by atoms with Crippen LogP contribution in [0.3, 0.4) is 0 Å². The van der Waals surface area contributed by atoms with Crippen LogP contribution >= 0.6 is 11.3 Å². The lowest BCUT2D eigenvalue weighted by atomic mass is 9.63. The summed E-state index contributed by atoms with van der Waals surface area (Å²) in [6.07, 6.45) is 4.71. The van der Waals surface area contributed by atoms with Crippen LogP contribution in [0.25, 0.3) is 10.6 Å². The first-order chi connectivity index (χ1) is 16.3. The number of nitrogens with zero attached hydrogens (tertiary/aromatic N) is 3. The molecule has 0 aromatic carbocycles. The van der Waals surface area contributed by atoms with Crippen molar-refractivity contribution in [2.75, 3.05) is 5.32 Å². The van der Waals surface area contributed by atoms with Gasteiger partial charge in [0.1, 0.15) is 22.2 Å². The van der Waals surface area contributed by atoms with Crippen molar-refractivity contribution < 1.29 is 15.0 Å². The van der Waals surface area contributed by atoms with Crippen molar-refractivity contribution in [3.8, 4) is 10.6 Å². The van der Waals surface area contributed by atoms with E-state index in [2.05, 4.69) is 36.1 Å². The molecule has 1 aliphatic rings. The molecule has 0 bridgehead atoms. The smallest absolute Gasteiger partial charge is 0.307 e. The largest absolute Gasteiger partial charge is 0.481 e. The first kappa shape index (κ1) is 25.3. The van der Waals surface area contributed by atoms with Crippen molar-refractivity contribution in [2.45, 2.75) is 71.8 Å². The number of rotatable bonds is 5. The molecular weight excluding hydrogens is 460 g/mol. The van der Waals surface area contributed by atoms with Crippen LogP contribution in [0.2, 0.25) is 0 Å². The maximum Gasteiger partial charge on any atom is 0.307 e. The molecular formula is C27H34N4O3S. The molecule has 186 valence electrons. The van der Waals surface area contributed by atoms with Gasteiger partial charge >= 0.3 is 5.97 Å². The minimum absolute atomic E-state index is 0.0159. The molecule has 35 heavy (non-hydrogen) atoms. The van der Waals surface area contributed by atoms with Crippen LogP contribution in [0, 0.1) is 18.3 Å². The highest BCUT2D eigenvalue weighted by atomic mass is 32.1. The standard InChI is InChI=1S/C27H34N4O3S/c1-16-11-19(30-22(12-16)31-21-13-17(8-10-28-21)25(2,3)4)20-14-29-24(35-20)27(34)9-7-18(23(32)33)26(5,6)15-27/h8,10-14,18,34H,7,9,15H2,1-6H3,(H,32,33)(H,28,30,31)/t18-,27-/m0/s1. The number of aliphatic carboxylic acids is 1. The maximum absolute atomic E-state index is 11.7. The Morgan fingerprint density at radius 1 is 1.17 bits per heavy atom. The van der Waals surface area contributed by atoms with E-state index in [9.17, 15) is 15.0 Å². The van der Waals surface area contributed by atoms with Gasteiger partial charge in [0.25, 0.3) is 0 Å². The number of carboxylic acids is 1. The second kappa shape index (κ2) is 8.99. The van der Waals surface area contributed by atoms with E-state index in [4.69, 9.17) is 4.98 Å². The van der Waals surface area contributed by atoms with Crippen LogP contribution in [-0.4, -0.2) is 31.1 Å². The minimum atomic E-state index is -1.14. The predicted octanol–water partition coefficient (Wildman–Crippen LogP) is 6.05. The van der Waals surface area contributed by atoms with Crippen LogP contribution in [0.15, 0.2) is 36.7 Å². The highest BCUT2D eigenvalue weighted by Crippen LogP contribution is 2.50. The Hall–Kier alpha value is -2.84. The average Bonchev–Trinajstić information content (AvgIpc) is 3.23. The third kappa shape index (κ3) is 5.38. The van der Waals surface area contributed by atoms with Gasteiger partial charge in [0.15, 0.2) is 0 Å². The fourth-order valence-corrected chi connectivity index (χ4v) is 5.93. The van der Waals surface area contributed by atoms with Gasteiger partial charge in [-0.3, -0.25) is 4.79 Å². The molecule has 3 aromatic rings. The molecule has 0 radical (unpaired) electrons. The Morgan fingerprint density at radius 2 is 1.91 bits per heavy atom. The van der Waals surface area contributed by atoms with Crippen molar-refractivity contribution in [1.82, 2.24) is 15.0 Å². The Bertz CT molecular complexity index is 1250. The Morgan fingerprint density at radius 3 is 2.57 bits per heavy atom.